The molecule has 2 aromatic rings. The Balaban J connectivity index is 2.79. The molecular weight excluding hydrogens is 138 g/mol. The number of hydrogen-bond donors (Lipinski definition) is 0. The largest absolute Gasteiger partial charge is 0.221 e. The van der Waals surface area contributed by atoms with Crippen LogP contribution in [0.3, 0.4) is 0 Å². The van der Waals surface area contributed by atoms with Gasteiger partial charge in [0.1, 0.15) is 6.33 Å². The second kappa shape index (κ2) is 2.10. The Kier molecular flexibility index (Phi) is 1.13. The van der Waals surface area contributed by atoms with Gasteiger partial charge in [0.15, 0.2) is 5.65 Å². The zero-order valence-corrected chi connectivity index (χ0v) is 5.73. The summed E-state index contributed by atoms with van der Waals surface area (Å²) in [6.07, 6.45) is 8.49. The van der Waals surface area contributed by atoms with E-state index in [9.17, 15) is 0 Å². The first kappa shape index (κ1) is 5.93. The van der Waals surface area contributed by atoms with Crippen LogP contribution in [-0.2, 0) is 0 Å². The number of aromatic nitrogens is 3. The Morgan fingerprint density at radius 3 is 3.27 bits per heavy atom. The second-order valence-electron chi connectivity index (χ2n) is 2.12. The average Bonchev–Trinajstić information content (AvgIpc) is 2.50. The normalized spacial score (nSPS) is 9.73. The molecule has 0 aromatic carbocycles. The summed E-state index contributed by atoms with van der Waals surface area (Å²) in [5.41, 5.74) is 1.60. The van der Waals surface area contributed by atoms with E-state index < -0.39 is 0 Å². The molecule has 2 rings (SSSR count). The molecule has 0 aliphatic heterocycles. The Bertz CT molecular complexity index is 422. The van der Waals surface area contributed by atoms with E-state index in [2.05, 4.69) is 16.0 Å². The van der Waals surface area contributed by atoms with E-state index in [0.29, 0.717) is 0 Å². The summed E-state index contributed by atoms with van der Waals surface area (Å²) in [5.74, 6) is 2.53. The molecular formula is C8H5N3. The third-order valence-electron chi connectivity index (χ3n) is 1.45. The average molecular weight is 143 g/mol. The number of terminal acetylenes is 1. The lowest BCUT2D eigenvalue weighted by Gasteiger charge is -1.90. The number of nitrogens with zero attached hydrogens (tertiary/aromatic N) is 3. The van der Waals surface area contributed by atoms with Crippen LogP contribution in [0.4, 0.5) is 0 Å². The fourth-order valence-electron chi connectivity index (χ4n) is 0.905. The van der Waals surface area contributed by atoms with Crippen molar-refractivity contribution >= 4 is 5.65 Å². The van der Waals surface area contributed by atoms with Crippen LogP contribution in [0, 0.1) is 12.3 Å². The van der Waals surface area contributed by atoms with Crippen molar-refractivity contribution in [3.8, 4) is 12.3 Å². The third kappa shape index (κ3) is 0.849. The van der Waals surface area contributed by atoms with Gasteiger partial charge in [0.25, 0.3) is 0 Å². The van der Waals surface area contributed by atoms with Crippen molar-refractivity contribution in [3.63, 3.8) is 0 Å². The van der Waals surface area contributed by atoms with E-state index in [-0.39, 0.29) is 0 Å². The minimum absolute atomic E-state index is 0.778. The summed E-state index contributed by atoms with van der Waals surface area (Å²) < 4.78 is 1.67. The van der Waals surface area contributed by atoms with Crippen molar-refractivity contribution in [2.45, 2.75) is 0 Å². The summed E-state index contributed by atoms with van der Waals surface area (Å²) >= 11 is 0. The zero-order valence-electron chi connectivity index (χ0n) is 5.73. The van der Waals surface area contributed by atoms with E-state index in [1.807, 2.05) is 12.1 Å². The second-order valence-corrected chi connectivity index (χ2v) is 2.12. The van der Waals surface area contributed by atoms with Crippen LogP contribution in [-0.4, -0.2) is 14.6 Å². The maximum absolute atomic E-state index is 5.20. The minimum atomic E-state index is 0.778. The highest BCUT2D eigenvalue weighted by molar-refractivity contribution is 5.45. The molecule has 0 bridgehead atoms. The Hall–Kier alpha value is -1.82. The van der Waals surface area contributed by atoms with Crippen molar-refractivity contribution in [2.75, 3.05) is 0 Å². The predicted octanol–water partition coefficient (Wildman–Crippen LogP) is 0.711. The topological polar surface area (TPSA) is 30.2 Å². The molecule has 0 saturated carbocycles. The molecule has 0 unspecified atom stereocenters. The molecule has 0 atom stereocenters. The van der Waals surface area contributed by atoms with Crippen molar-refractivity contribution in [3.05, 3.63) is 30.2 Å². The molecule has 0 amide bonds. The summed E-state index contributed by atoms with van der Waals surface area (Å²) in [6, 6.07) is 3.63. The van der Waals surface area contributed by atoms with Gasteiger partial charge in [-0.25, -0.2) is 9.50 Å². The van der Waals surface area contributed by atoms with E-state index in [4.69, 9.17) is 6.42 Å². The Morgan fingerprint density at radius 1 is 1.55 bits per heavy atom. The highest BCUT2D eigenvalue weighted by Crippen LogP contribution is 2.01. The quantitative estimate of drug-likeness (QED) is 0.508. The van der Waals surface area contributed by atoms with Crippen molar-refractivity contribution in [1.82, 2.24) is 14.6 Å². The van der Waals surface area contributed by atoms with Gasteiger partial charge in [0.05, 0.1) is 0 Å². The zero-order chi connectivity index (χ0) is 7.68. The van der Waals surface area contributed by atoms with Gasteiger partial charge in [-0.05, 0) is 12.1 Å². The van der Waals surface area contributed by atoms with Crippen LogP contribution in [0.2, 0.25) is 0 Å². The fourth-order valence-corrected chi connectivity index (χ4v) is 0.905. The Morgan fingerprint density at radius 2 is 2.45 bits per heavy atom. The molecule has 0 spiro atoms. The van der Waals surface area contributed by atoms with Crippen LogP contribution in [0.15, 0.2) is 24.7 Å². The lowest BCUT2D eigenvalue weighted by atomic mass is 10.3. The van der Waals surface area contributed by atoms with Gasteiger partial charge in [0, 0.05) is 11.8 Å². The molecule has 0 fully saturated rings. The van der Waals surface area contributed by atoms with Crippen LogP contribution < -0.4 is 0 Å². The molecule has 0 aliphatic rings. The lowest BCUT2D eigenvalue weighted by molar-refractivity contribution is 0.960. The fraction of sp³-hybridized carbons (Fsp3) is 0. The monoisotopic (exact) mass is 143 g/mol. The number of rotatable bonds is 0. The van der Waals surface area contributed by atoms with Gasteiger partial charge in [-0.1, -0.05) is 5.92 Å². The van der Waals surface area contributed by atoms with Crippen molar-refractivity contribution < 1.29 is 0 Å². The van der Waals surface area contributed by atoms with Gasteiger partial charge >= 0.3 is 0 Å². The van der Waals surface area contributed by atoms with E-state index in [1.54, 1.807) is 10.7 Å². The molecule has 3 nitrogen and oxygen atoms in total. The van der Waals surface area contributed by atoms with Crippen molar-refractivity contribution in [1.29, 1.82) is 0 Å². The van der Waals surface area contributed by atoms with Crippen LogP contribution in [0.5, 0.6) is 0 Å². The molecule has 2 aromatic heterocycles. The van der Waals surface area contributed by atoms with E-state index in [1.165, 1.54) is 6.33 Å². The number of fused-ring (bicyclic) bond motifs is 1. The molecule has 0 radical (unpaired) electrons. The molecule has 52 valence electrons. The number of pyridine rings is 1. The highest BCUT2D eigenvalue weighted by atomic mass is 15.3. The minimum Gasteiger partial charge on any atom is -0.221 e. The van der Waals surface area contributed by atoms with Gasteiger partial charge in [-0.15, -0.1) is 6.42 Å². The van der Waals surface area contributed by atoms with Crippen molar-refractivity contribution in [2.24, 2.45) is 0 Å². The molecule has 3 heteroatoms. The summed E-state index contributed by atoms with van der Waals surface area (Å²) in [5, 5.41) is 3.93. The molecule has 0 N–H and O–H groups in total. The van der Waals surface area contributed by atoms with E-state index >= 15 is 0 Å². The van der Waals surface area contributed by atoms with Crippen LogP contribution in [0.1, 0.15) is 5.56 Å². The first-order chi connectivity index (χ1) is 5.40. The maximum Gasteiger partial charge on any atom is 0.156 e. The first-order valence-electron chi connectivity index (χ1n) is 3.16. The predicted molar refractivity (Wildman–Crippen MR) is 40.9 cm³/mol. The van der Waals surface area contributed by atoms with Gasteiger partial charge in [0.2, 0.25) is 0 Å². The number of hydrogen-bond acceptors (Lipinski definition) is 2. The summed E-state index contributed by atoms with van der Waals surface area (Å²) in [6.45, 7) is 0. The van der Waals surface area contributed by atoms with Crippen LogP contribution in [0.25, 0.3) is 5.65 Å². The standard InChI is InChI=1S/C8H5N3/c1-2-7-3-4-11-8(5-7)9-6-10-11/h1,3-6H. The summed E-state index contributed by atoms with van der Waals surface area (Å²) in [7, 11) is 0. The molecule has 0 aliphatic carbocycles. The molecule has 0 saturated heterocycles. The molecule has 2 heterocycles. The van der Waals surface area contributed by atoms with Gasteiger partial charge < -0.3 is 0 Å². The van der Waals surface area contributed by atoms with E-state index in [0.717, 1.165) is 11.2 Å². The highest BCUT2D eigenvalue weighted by Gasteiger charge is 1.93. The third-order valence-corrected chi connectivity index (χ3v) is 1.45. The smallest absolute Gasteiger partial charge is 0.156 e. The summed E-state index contributed by atoms with van der Waals surface area (Å²) in [4.78, 5) is 3.98. The lowest BCUT2D eigenvalue weighted by Crippen LogP contribution is -1.86. The SMILES string of the molecule is C#Cc1ccn2ncnc2c1. The first-order valence-corrected chi connectivity index (χ1v) is 3.16. The molecule has 11 heavy (non-hydrogen) atoms. The Labute approximate surface area is 63.7 Å². The van der Waals surface area contributed by atoms with Gasteiger partial charge in [-0.3, -0.25) is 0 Å². The van der Waals surface area contributed by atoms with Gasteiger partial charge in [-0.2, -0.15) is 5.10 Å². The maximum atomic E-state index is 5.20. The van der Waals surface area contributed by atoms with Crippen LogP contribution >= 0.6 is 0 Å².